The predicted octanol–water partition coefficient (Wildman–Crippen LogP) is 1.42. The van der Waals surface area contributed by atoms with Gasteiger partial charge in [0.2, 0.25) is 0 Å². The summed E-state index contributed by atoms with van der Waals surface area (Å²) in [4.78, 5) is 26.4. The molecule has 4 atom stereocenters. The van der Waals surface area contributed by atoms with Gasteiger partial charge >= 0.3 is 0 Å². The van der Waals surface area contributed by atoms with Crippen molar-refractivity contribution in [3.8, 4) is 6.07 Å². The van der Waals surface area contributed by atoms with Crippen LogP contribution in [0.3, 0.4) is 0 Å². The van der Waals surface area contributed by atoms with Gasteiger partial charge in [0, 0.05) is 44.2 Å². The maximum absolute atomic E-state index is 13.5. The molecule has 188 valence electrons. The molecule has 0 aliphatic carbocycles. The average Bonchev–Trinajstić information content (AvgIpc) is 3.37. The van der Waals surface area contributed by atoms with E-state index in [0.717, 1.165) is 36.5 Å². The van der Waals surface area contributed by atoms with E-state index in [1.54, 1.807) is 14.0 Å². The highest BCUT2D eigenvalue weighted by atomic mass is 35.5. The number of halogens is 1. The van der Waals surface area contributed by atoms with Crippen LogP contribution in [-0.2, 0) is 4.79 Å². The Morgan fingerprint density at radius 1 is 1.43 bits per heavy atom. The molecule has 2 fully saturated rings. The first-order valence-corrected chi connectivity index (χ1v) is 12.3. The van der Waals surface area contributed by atoms with Crippen molar-refractivity contribution in [2.45, 2.75) is 57.7 Å². The van der Waals surface area contributed by atoms with E-state index in [-0.39, 0.29) is 22.7 Å². The van der Waals surface area contributed by atoms with E-state index < -0.39 is 17.6 Å². The number of carbonyl (C=O) groups excluding carboxylic acids is 1. The van der Waals surface area contributed by atoms with E-state index in [4.69, 9.17) is 22.3 Å². The zero-order valence-electron chi connectivity index (χ0n) is 20.6. The number of aliphatic hydroxyl groups excluding tert-OH is 1. The Morgan fingerprint density at radius 2 is 2.17 bits per heavy atom. The normalized spacial score (nSPS) is 31.9. The van der Waals surface area contributed by atoms with Crippen LogP contribution in [0, 0.1) is 17.2 Å². The molecular formula is C24H33ClN8O2. The summed E-state index contributed by atoms with van der Waals surface area (Å²) < 4.78 is 0. The predicted molar refractivity (Wildman–Crippen MR) is 135 cm³/mol. The summed E-state index contributed by atoms with van der Waals surface area (Å²) in [5, 5.41) is 21.6. The van der Waals surface area contributed by atoms with Crippen molar-refractivity contribution in [1.82, 2.24) is 20.2 Å². The number of rotatable bonds is 3. The van der Waals surface area contributed by atoms with Gasteiger partial charge < -0.3 is 20.6 Å². The van der Waals surface area contributed by atoms with Crippen LogP contribution in [-0.4, -0.2) is 81.7 Å². The third-order valence-electron chi connectivity index (χ3n) is 7.12. The third-order valence-corrected chi connectivity index (χ3v) is 7.60. The van der Waals surface area contributed by atoms with Gasteiger partial charge in [-0.1, -0.05) is 11.6 Å². The van der Waals surface area contributed by atoms with Crippen molar-refractivity contribution in [3.63, 3.8) is 0 Å². The number of likely N-dealkylation sites (tertiary alicyclic amines) is 2. The Hall–Kier alpha value is -2.87. The summed E-state index contributed by atoms with van der Waals surface area (Å²) in [5.74, 6) is 0.810. The first-order chi connectivity index (χ1) is 16.6. The minimum Gasteiger partial charge on any atom is -0.401 e. The monoisotopic (exact) mass is 500 g/mol. The van der Waals surface area contributed by atoms with E-state index in [2.05, 4.69) is 29.5 Å². The highest BCUT2D eigenvalue weighted by Crippen LogP contribution is 2.36. The number of β-amino-alcohol motifs (C(OH)–C–C–N with tert-alkyl or cyclic N) is 1. The van der Waals surface area contributed by atoms with Gasteiger partial charge in [-0.2, -0.15) is 5.26 Å². The molecule has 10 nitrogen and oxygen atoms in total. The molecule has 0 bridgehead atoms. The standard InChI is InChI=1S/C24H33ClN8O2/c1-14-11-33-19(29-22(14)31-12-16(10-26)17(34)13-31)9-24(3,30-33)18-7-5-6-8-32(18)23(35)21(28-4)20(25)15(2)27/h9,11,16-18,30,34H,5-8,12-13,27H2,1-4H3/t16-,17+,18+,24?/m1/s1. The second-order valence-corrected chi connectivity index (χ2v) is 10.2. The molecule has 4 rings (SSSR count). The van der Waals surface area contributed by atoms with Gasteiger partial charge in [0.05, 0.1) is 34.7 Å². The van der Waals surface area contributed by atoms with E-state index in [9.17, 15) is 15.2 Å². The minimum absolute atomic E-state index is 0.148. The molecule has 1 amide bonds. The van der Waals surface area contributed by atoms with Gasteiger partial charge in [-0.05, 0) is 46.1 Å². The number of amides is 1. The van der Waals surface area contributed by atoms with Crippen LogP contribution in [0.1, 0.15) is 40.0 Å². The summed E-state index contributed by atoms with van der Waals surface area (Å²) >= 11 is 6.34. The Kier molecular flexibility index (Phi) is 6.95. The molecule has 4 heterocycles. The van der Waals surface area contributed by atoms with Crippen LogP contribution in [0.5, 0.6) is 0 Å². The number of nitrogens with one attached hydrogen (secondary N) is 1. The number of nitriles is 1. The van der Waals surface area contributed by atoms with Crippen LogP contribution < -0.4 is 11.2 Å². The number of nitrogens with two attached hydrogens (primary N) is 1. The molecule has 4 aliphatic rings. The Morgan fingerprint density at radius 3 is 2.80 bits per heavy atom. The first kappa shape index (κ1) is 25.2. The van der Waals surface area contributed by atoms with Crippen molar-refractivity contribution in [1.29, 1.82) is 5.26 Å². The van der Waals surface area contributed by atoms with Crippen LogP contribution in [0.4, 0.5) is 0 Å². The number of fused-ring (bicyclic) bond motifs is 1. The lowest BCUT2D eigenvalue weighted by Crippen LogP contribution is -2.62. The fraction of sp³-hybridized carbons (Fsp3) is 0.583. The number of hydrogen-bond acceptors (Lipinski definition) is 9. The van der Waals surface area contributed by atoms with Gasteiger partial charge in [0.25, 0.3) is 5.91 Å². The topological polar surface area (TPSA) is 134 Å². The molecule has 1 unspecified atom stereocenters. The molecule has 0 saturated carbocycles. The van der Waals surface area contributed by atoms with Crippen LogP contribution in [0.25, 0.3) is 0 Å². The number of aliphatic imine (C=N–C) groups is 2. The molecule has 0 aromatic rings. The number of nitrogens with zero attached hydrogens (tertiary/aromatic N) is 6. The largest absolute Gasteiger partial charge is 0.401 e. The zero-order chi connectivity index (χ0) is 25.5. The van der Waals surface area contributed by atoms with Crippen molar-refractivity contribution < 1.29 is 9.90 Å². The second-order valence-electron chi connectivity index (χ2n) is 9.80. The fourth-order valence-corrected chi connectivity index (χ4v) is 5.47. The lowest BCUT2D eigenvalue weighted by atomic mass is 9.85. The van der Waals surface area contributed by atoms with E-state index >= 15 is 0 Å². The molecule has 4 aliphatic heterocycles. The van der Waals surface area contributed by atoms with Crippen molar-refractivity contribution in [2.75, 3.05) is 26.7 Å². The van der Waals surface area contributed by atoms with Crippen LogP contribution in [0.2, 0.25) is 0 Å². The van der Waals surface area contributed by atoms with E-state index in [1.165, 1.54) is 0 Å². The SMILES string of the molecule is CN=C(C(=O)N1CCCC[C@H]1C1(C)C=C2N=C(N3C[C@@H](C#N)[C@@H](O)C3)C(C)=CN2N1)C(Cl)=C(C)N. The molecule has 11 heteroatoms. The molecular weight excluding hydrogens is 468 g/mol. The molecule has 0 radical (unpaired) electrons. The number of amidine groups is 1. The summed E-state index contributed by atoms with van der Waals surface area (Å²) in [5.41, 5.74) is 10.3. The first-order valence-electron chi connectivity index (χ1n) is 11.9. The molecule has 0 aromatic heterocycles. The summed E-state index contributed by atoms with van der Waals surface area (Å²) in [6, 6.07) is 2.02. The smallest absolute Gasteiger partial charge is 0.273 e. The second kappa shape index (κ2) is 9.64. The Labute approximate surface area is 211 Å². The number of allylic oxidation sites excluding steroid dienone is 1. The summed E-state index contributed by atoms with van der Waals surface area (Å²) in [6.45, 7) is 7.09. The quantitative estimate of drug-likeness (QED) is 0.499. The third kappa shape index (κ3) is 4.56. The number of hydrazine groups is 1. The zero-order valence-corrected chi connectivity index (χ0v) is 21.4. The van der Waals surface area contributed by atoms with Crippen LogP contribution >= 0.6 is 11.6 Å². The molecule has 2 saturated heterocycles. The number of hydrogen-bond donors (Lipinski definition) is 3. The minimum atomic E-state index is -0.691. The molecule has 0 aromatic carbocycles. The van der Waals surface area contributed by atoms with Crippen molar-refractivity contribution in [3.05, 3.63) is 34.4 Å². The molecule has 35 heavy (non-hydrogen) atoms. The lowest BCUT2D eigenvalue weighted by Gasteiger charge is -2.44. The van der Waals surface area contributed by atoms with Crippen LogP contribution in [0.15, 0.2) is 44.4 Å². The van der Waals surface area contributed by atoms with Gasteiger partial charge in [-0.15, -0.1) is 0 Å². The fourth-order valence-electron chi connectivity index (χ4n) is 5.31. The maximum Gasteiger partial charge on any atom is 0.273 e. The molecule has 4 N–H and O–H groups in total. The number of aliphatic hydroxyl groups is 1. The number of piperidine rings is 1. The maximum atomic E-state index is 13.5. The molecule has 0 spiro atoms. The van der Waals surface area contributed by atoms with Gasteiger partial charge in [0.15, 0.2) is 0 Å². The van der Waals surface area contributed by atoms with E-state index in [0.29, 0.717) is 25.3 Å². The Balaban J connectivity index is 1.62. The average molecular weight is 501 g/mol. The van der Waals surface area contributed by atoms with Gasteiger partial charge in [-0.3, -0.25) is 14.8 Å². The summed E-state index contributed by atoms with van der Waals surface area (Å²) in [6.07, 6.45) is 6.04. The highest BCUT2D eigenvalue weighted by molar-refractivity contribution is 6.59. The summed E-state index contributed by atoms with van der Waals surface area (Å²) in [7, 11) is 1.55. The van der Waals surface area contributed by atoms with Gasteiger partial charge in [-0.25, -0.2) is 10.4 Å². The highest BCUT2D eigenvalue weighted by Gasteiger charge is 2.46. The van der Waals surface area contributed by atoms with Gasteiger partial charge in [0.1, 0.15) is 17.4 Å². The Bertz CT molecular complexity index is 1100. The van der Waals surface area contributed by atoms with Crippen molar-refractivity contribution >= 4 is 29.1 Å². The van der Waals surface area contributed by atoms with Crippen molar-refractivity contribution in [2.24, 2.45) is 21.6 Å². The van der Waals surface area contributed by atoms with E-state index in [1.807, 2.05) is 27.9 Å². The lowest BCUT2D eigenvalue weighted by molar-refractivity contribution is -0.129. The number of carbonyl (C=O) groups is 1.